The number of rotatable bonds is 1. The lowest BCUT2D eigenvalue weighted by Gasteiger charge is -2.38. The van der Waals surface area contributed by atoms with Gasteiger partial charge in [0.1, 0.15) is 0 Å². The first-order valence-corrected chi connectivity index (χ1v) is 4.46. The number of halogens is 3. The molecular formula is C10H10F3NO. The Balaban J connectivity index is 2.24. The lowest BCUT2D eigenvalue weighted by atomic mass is 9.89. The first-order valence-electron chi connectivity index (χ1n) is 4.46. The van der Waals surface area contributed by atoms with E-state index >= 15 is 0 Å². The van der Waals surface area contributed by atoms with Gasteiger partial charge in [-0.3, -0.25) is 0 Å². The second-order valence-electron chi connectivity index (χ2n) is 3.72. The molecule has 5 heteroatoms. The van der Waals surface area contributed by atoms with Crippen molar-refractivity contribution in [3.63, 3.8) is 0 Å². The third-order valence-corrected chi connectivity index (χ3v) is 2.51. The number of nitrogens with two attached hydrogens (primary N) is 1. The molecule has 0 radical (unpaired) electrons. The number of benzene rings is 1. The van der Waals surface area contributed by atoms with Crippen molar-refractivity contribution in [1.29, 1.82) is 0 Å². The van der Waals surface area contributed by atoms with E-state index in [9.17, 15) is 13.2 Å². The Bertz CT molecular complexity index is 354. The molecule has 0 bridgehead atoms. The van der Waals surface area contributed by atoms with Crippen molar-refractivity contribution in [3.05, 3.63) is 35.4 Å². The van der Waals surface area contributed by atoms with Crippen LogP contribution in [0.1, 0.15) is 11.1 Å². The summed E-state index contributed by atoms with van der Waals surface area (Å²) in [6.45, 7) is 0.719. The lowest BCUT2D eigenvalue weighted by Crippen LogP contribution is -2.54. The molecule has 0 spiro atoms. The normalized spacial score (nSPS) is 19.7. The van der Waals surface area contributed by atoms with Crippen LogP contribution in [0.25, 0.3) is 0 Å². The van der Waals surface area contributed by atoms with Crippen LogP contribution in [-0.4, -0.2) is 13.2 Å². The maximum Gasteiger partial charge on any atom is 0.416 e. The summed E-state index contributed by atoms with van der Waals surface area (Å²) in [6, 6.07) is 4.90. The topological polar surface area (TPSA) is 35.2 Å². The Hall–Kier alpha value is -1.07. The third-order valence-electron chi connectivity index (χ3n) is 2.51. The first-order chi connectivity index (χ1) is 6.92. The summed E-state index contributed by atoms with van der Waals surface area (Å²) in [7, 11) is 0. The molecule has 1 aliphatic rings. The molecule has 0 amide bonds. The van der Waals surface area contributed by atoms with Gasteiger partial charge >= 0.3 is 6.18 Å². The van der Waals surface area contributed by atoms with Gasteiger partial charge in [0.15, 0.2) is 0 Å². The second-order valence-corrected chi connectivity index (χ2v) is 3.72. The van der Waals surface area contributed by atoms with E-state index in [4.69, 9.17) is 10.5 Å². The minimum Gasteiger partial charge on any atom is -0.377 e. The second kappa shape index (κ2) is 3.21. The molecule has 2 N–H and O–H groups in total. The maximum atomic E-state index is 12.3. The smallest absolute Gasteiger partial charge is 0.377 e. The summed E-state index contributed by atoms with van der Waals surface area (Å²) in [5.41, 5.74) is 5.29. The first kappa shape index (κ1) is 10.4. The molecule has 0 atom stereocenters. The highest BCUT2D eigenvalue weighted by atomic mass is 19.4. The van der Waals surface area contributed by atoms with E-state index in [0.717, 1.165) is 12.1 Å². The van der Waals surface area contributed by atoms with Gasteiger partial charge in [0.05, 0.1) is 24.3 Å². The summed E-state index contributed by atoms with van der Waals surface area (Å²) < 4.78 is 41.7. The van der Waals surface area contributed by atoms with Crippen LogP contribution in [0.2, 0.25) is 0 Å². The lowest BCUT2D eigenvalue weighted by molar-refractivity contribution is -0.137. The van der Waals surface area contributed by atoms with Crippen molar-refractivity contribution in [2.45, 2.75) is 11.7 Å². The molecule has 0 saturated carbocycles. The van der Waals surface area contributed by atoms with Crippen LogP contribution >= 0.6 is 0 Å². The molecule has 0 aliphatic carbocycles. The molecule has 1 aromatic carbocycles. The van der Waals surface area contributed by atoms with Gasteiger partial charge in [-0.25, -0.2) is 0 Å². The number of alkyl halides is 3. The van der Waals surface area contributed by atoms with Crippen LogP contribution in [0.15, 0.2) is 24.3 Å². The molecule has 1 saturated heterocycles. The fraction of sp³-hybridized carbons (Fsp3) is 0.400. The highest BCUT2D eigenvalue weighted by Crippen LogP contribution is 2.32. The zero-order valence-corrected chi connectivity index (χ0v) is 7.84. The van der Waals surface area contributed by atoms with Gasteiger partial charge in [-0.15, -0.1) is 0 Å². The third kappa shape index (κ3) is 1.85. The molecule has 15 heavy (non-hydrogen) atoms. The maximum absolute atomic E-state index is 12.3. The Labute approximate surface area is 84.8 Å². The molecule has 0 aromatic heterocycles. The molecule has 1 aliphatic heterocycles. The average molecular weight is 217 g/mol. The van der Waals surface area contributed by atoms with Gasteiger partial charge in [-0.1, -0.05) is 12.1 Å². The zero-order chi connectivity index (χ0) is 11.1. The summed E-state index contributed by atoms with van der Waals surface area (Å²) in [4.78, 5) is 0. The Kier molecular flexibility index (Phi) is 2.24. The van der Waals surface area contributed by atoms with Gasteiger partial charge < -0.3 is 10.5 Å². The van der Waals surface area contributed by atoms with Crippen molar-refractivity contribution in [2.75, 3.05) is 13.2 Å². The van der Waals surface area contributed by atoms with Crippen LogP contribution in [0, 0.1) is 0 Å². The van der Waals surface area contributed by atoms with Crippen LogP contribution < -0.4 is 5.73 Å². The van der Waals surface area contributed by atoms with Gasteiger partial charge in [0.25, 0.3) is 0 Å². The fourth-order valence-electron chi connectivity index (χ4n) is 1.48. The Morgan fingerprint density at radius 2 is 1.67 bits per heavy atom. The summed E-state index contributed by atoms with van der Waals surface area (Å²) in [5, 5.41) is 0. The minimum atomic E-state index is -4.30. The highest BCUT2D eigenvalue weighted by Gasteiger charge is 2.37. The summed E-state index contributed by atoms with van der Waals surface area (Å²) in [5.74, 6) is 0. The number of hydrogen-bond donors (Lipinski definition) is 1. The molecular weight excluding hydrogens is 207 g/mol. The van der Waals surface area contributed by atoms with Gasteiger partial charge in [0.2, 0.25) is 0 Å². The monoisotopic (exact) mass is 217 g/mol. The zero-order valence-electron chi connectivity index (χ0n) is 7.84. The van der Waals surface area contributed by atoms with Crippen molar-refractivity contribution in [3.8, 4) is 0 Å². The van der Waals surface area contributed by atoms with Crippen molar-refractivity contribution in [2.24, 2.45) is 5.73 Å². The number of hydrogen-bond acceptors (Lipinski definition) is 2. The van der Waals surface area contributed by atoms with Gasteiger partial charge in [0, 0.05) is 0 Å². The highest BCUT2D eigenvalue weighted by molar-refractivity contribution is 5.31. The van der Waals surface area contributed by atoms with Crippen LogP contribution in [-0.2, 0) is 16.5 Å². The predicted octanol–water partition coefficient (Wildman–Crippen LogP) is 1.89. The molecule has 2 nitrogen and oxygen atoms in total. The van der Waals surface area contributed by atoms with E-state index in [-0.39, 0.29) is 0 Å². The quantitative estimate of drug-likeness (QED) is 0.779. The van der Waals surface area contributed by atoms with E-state index in [2.05, 4.69) is 0 Å². The standard InChI is InChI=1S/C10H10F3NO/c11-10(12,13)8-3-1-7(2-4-8)9(14)5-15-6-9/h1-4H,5-6,14H2. The molecule has 82 valence electrons. The summed E-state index contributed by atoms with van der Waals surface area (Å²) >= 11 is 0. The summed E-state index contributed by atoms with van der Waals surface area (Å²) in [6.07, 6.45) is -4.30. The Morgan fingerprint density at radius 3 is 2.00 bits per heavy atom. The largest absolute Gasteiger partial charge is 0.416 e. The van der Waals surface area contributed by atoms with E-state index in [1.54, 1.807) is 0 Å². The van der Waals surface area contributed by atoms with Crippen molar-refractivity contribution >= 4 is 0 Å². The predicted molar refractivity (Wildman–Crippen MR) is 48.1 cm³/mol. The van der Waals surface area contributed by atoms with E-state index < -0.39 is 17.3 Å². The van der Waals surface area contributed by atoms with E-state index in [1.807, 2.05) is 0 Å². The molecule has 1 aromatic rings. The molecule has 1 fully saturated rings. The SMILES string of the molecule is NC1(c2ccc(C(F)(F)F)cc2)COC1. The average Bonchev–Trinajstić information content (AvgIpc) is 2.13. The molecule has 2 rings (SSSR count). The minimum absolute atomic E-state index is 0.359. The molecule has 0 unspecified atom stereocenters. The van der Waals surface area contributed by atoms with Crippen molar-refractivity contribution in [1.82, 2.24) is 0 Å². The number of ether oxygens (including phenoxy) is 1. The van der Waals surface area contributed by atoms with Crippen LogP contribution in [0.4, 0.5) is 13.2 Å². The molecule has 1 heterocycles. The fourth-order valence-corrected chi connectivity index (χ4v) is 1.48. The van der Waals surface area contributed by atoms with E-state index in [1.165, 1.54) is 12.1 Å². The van der Waals surface area contributed by atoms with Gasteiger partial charge in [-0.2, -0.15) is 13.2 Å². The van der Waals surface area contributed by atoms with Gasteiger partial charge in [-0.05, 0) is 17.7 Å². The van der Waals surface area contributed by atoms with Crippen LogP contribution in [0.3, 0.4) is 0 Å². The van der Waals surface area contributed by atoms with Crippen molar-refractivity contribution < 1.29 is 17.9 Å². The van der Waals surface area contributed by atoms with E-state index in [0.29, 0.717) is 18.8 Å². The van der Waals surface area contributed by atoms with Crippen LogP contribution in [0.5, 0.6) is 0 Å². The Morgan fingerprint density at radius 1 is 1.13 bits per heavy atom.